The molecular formula is C15H22N2O2. The summed E-state index contributed by atoms with van der Waals surface area (Å²) in [6.07, 6.45) is 1.74. The summed E-state index contributed by atoms with van der Waals surface area (Å²) in [5.74, 6) is 0.852. The molecule has 0 amide bonds. The highest BCUT2D eigenvalue weighted by atomic mass is 16.5. The zero-order valence-corrected chi connectivity index (χ0v) is 11.5. The summed E-state index contributed by atoms with van der Waals surface area (Å²) in [4.78, 5) is 0. The number of benzene rings is 1. The maximum Gasteiger partial charge on any atom is 0.119 e. The van der Waals surface area contributed by atoms with Crippen molar-refractivity contribution in [2.24, 2.45) is 0 Å². The van der Waals surface area contributed by atoms with Crippen molar-refractivity contribution in [1.82, 2.24) is 5.32 Å². The van der Waals surface area contributed by atoms with Crippen LogP contribution in [0.3, 0.4) is 0 Å². The summed E-state index contributed by atoms with van der Waals surface area (Å²) in [5.41, 5.74) is 0. The van der Waals surface area contributed by atoms with Gasteiger partial charge in [0.05, 0.1) is 18.7 Å². The van der Waals surface area contributed by atoms with Crippen LogP contribution in [0.4, 0.5) is 0 Å². The average Bonchev–Trinajstić information content (AvgIpc) is 2.47. The lowest BCUT2D eigenvalue weighted by atomic mass is 10.2. The van der Waals surface area contributed by atoms with Gasteiger partial charge in [0.25, 0.3) is 0 Å². The molecule has 0 aliphatic heterocycles. The molecule has 0 saturated carbocycles. The smallest absolute Gasteiger partial charge is 0.119 e. The Morgan fingerprint density at radius 1 is 1.21 bits per heavy atom. The molecule has 0 aliphatic carbocycles. The highest BCUT2D eigenvalue weighted by molar-refractivity contribution is 5.20. The summed E-state index contributed by atoms with van der Waals surface area (Å²) in [5, 5.41) is 12.1. The third kappa shape index (κ3) is 7.45. The Bertz CT molecular complexity index is 362. The van der Waals surface area contributed by atoms with E-state index in [1.54, 1.807) is 0 Å². The van der Waals surface area contributed by atoms with Gasteiger partial charge in [-0.25, -0.2) is 0 Å². The second-order valence-corrected chi connectivity index (χ2v) is 4.20. The van der Waals surface area contributed by atoms with Gasteiger partial charge >= 0.3 is 0 Å². The Hall–Kier alpha value is -1.57. The predicted molar refractivity (Wildman–Crippen MR) is 75.1 cm³/mol. The third-order valence-corrected chi connectivity index (χ3v) is 2.59. The van der Waals surface area contributed by atoms with Crippen LogP contribution in [0.25, 0.3) is 0 Å². The Labute approximate surface area is 115 Å². The summed E-state index contributed by atoms with van der Waals surface area (Å²) >= 11 is 0. The van der Waals surface area contributed by atoms with Gasteiger partial charge in [0, 0.05) is 6.61 Å². The minimum absolute atomic E-state index is 0.116. The monoisotopic (exact) mass is 262 g/mol. The molecule has 1 aromatic rings. The molecule has 0 aliphatic rings. The molecule has 0 radical (unpaired) electrons. The molecule has 0 bridgehead atoms. The van der Waals surface area contributed by atoms with Gasteiger partial charge in [0.2, 0.25) is 0 Å². The van der Waals surface area contributed by atoms with Crippen molar-refractivity contribution in [1.29, 1.82) is 5.26 Å². The Morgan fingerprint density at radius 2 is 2.00 bits per heavy atom. The van der Waals surface area contributed by atoms with Gasteiger partial charge in [-0.3, -0.25) is 0 Å². The number of hydrogen-bond acceptors (Lipinski definition) is 4. The van der Waals surface area contributed by atoms with Gasteiger partial charge in [0.15, 0.2) is 0 Å². The van der Waals surface area contributed by atoms with Crippen molar-refractivity contribution in [3.63, 3.8) is 0 Å². The summed E-state index contributed by atoms with van der Waals surface area (Å²) in [7, 11) is 0. The van der Waals surface area contributed by atoms with E-state index >= 15 is 0 Å². The van der Waals surface area contributed by atoms with Crippen molar-refractivity contribution in [2.45, 2.75) is 25.8 Å². The van der Waals surface area contributed by atoms with Crippen LogP contribution in [0, 0.1) is 11.3 Å². The minimum atomic E-state index is -0.116. The van der Waals surface area contributed by atoms with E-state index in [2.05, 4.69) is 18.3 Å². The fourth-order valence-electron chi connectivity index (χ4n) is 1.57. The largest absolute Gasteiger partial charge is 0.491 e. The predicted octanol–water partition coefficient (Wildman–Crippen LogP) is 2.36. The van der Waals surface area contributed by atoms with Crippen molar-refractivity contribution in [2.75, 3.05) is 26.4 Å². The first-order chi connectivity index (χ1) is 9.36. The van der Waals surface area contributed by atoms with Crippen LogP contribution in [0.5, 0.6) is 5.75 Å². The van der Waals surface area contributed by atoms with Crippen molar-refractivity contribution >= 4 is 0 Å². The average molecular weight is 262 g/mol. The maximum absolute atomic E-state index is 8.91. The maximum atomic E-state index is 8.91. The molecule has 1 rings (SSSR count). The number of hydrogen-bond donors (Lipinski definition) is 1. The lowest BCUT2D eigenvalue weighted by Crippen LogP contribution is -2.29. The van der Waals surface area contributed by atoms with E-state index in [0.717, 1.165) is 18.7 Å². The first kappa shape index (κ1) is 15.5. The molecule has 1 N–H and O–H groups in total. The first-order valence-electron chi connectivity index (χ1n) is 6.75. The van der Waals surface area contributed by atoms with E-state index < -0.39 is 0 Å². The van der Waals surface area contributed by atoms with E-state index in [1.807, 2.05) is 30.3 Å². The highest BCUT2D eigenvalue weighted by Gasteiger charge is 2.04. The van der Waals surface area contributed by atoms with Crippen molar-refractivity contribution in [3.05, 3.63) is 30.3 Å². The van der Waals surface area contributed by atoms with Crippen LogP contribution in [0.15, 0.2) is 30.3 Å². The second-order valence-electron chi connectivity index (χ2n) is 4.20. The molecule has 0 heterocycles. The Kier molecular flexibility index (Phi) is 8.45. The molecule has 1 atom stereocenters. The Balaban J connectivity index is 2.00. The molecule has 19 heavy (non-hydrogen) atoms. The molecule has 0 saturated heterocycles. The molecule has 0 aromatic heterocycles. The minimum Gasteiger partial charge on any atom is -0.491 e. The topological polar surface area (TPSA) is 54.3 Å². The van der Waals surface area contributed by atoms with Crippen LogP contribution in [0.1, 0.15) is 19.8 Å². The van der Waals surface area contributed by atoms with Crippen LogP contribution in [-0.4, -0.2) is 32.4 Å². The molecule has 0 spiro atoms. The van der Waals surface area contributed by atoms with Crippen LogP contribution in [0.2, 0.25) is 0 Å². The van der Waals surface area contributed by atoms with Crippen LogP contribution < -0.4 is 10.1 Å². The molecule has 1 unspecified atom stereocenters. The SMILES string of the molecule is CCCNC(C#N)CCOCCOc1ccccc1. The van der Waals surface area contributed by atoms with Gasteiger partial charge in [-0.15, -0.1) is 0 Å². The van der Waals surface area contributed by atoms with E-state index in [0.29, 0.717) is 26.2 Å². The van der Waals surface area contributed by atoms with Crippen molar-refractivity contribution < 1.29 is 9.47 Å². The van der Waals surface area contributed by atoms with Gasteiger partial charge in [-0.05, 0) is 31.5 Å². The molecule has 0 fully saturated rings. The van der Waals surface area contributed by atoms with E-state index in [4.69, 9.17) is 14.7 Å². The fraction of sp³-hybridized carbons (Fsp3) is 0.533. The quantitative estimate of drug-likeness (QED) is 0.658. The number of rotatable bonds is 10. The Morgan fingerprint density at radius 3 is 2.68 bits per heavy atom. The normalized spacial score (nSPS) is 11.8. The fourth-order valence-corrected chi connectivity index (χ4v) is 1.57. The zero-order chi connectivity index (χ0) is 13.8. The van der Waals surface area contributed by atoms with Crippen LogP contribution in [-0.2, 0) is 4.74 Å². The molecule has 104 valence electrons. The number of nitrogens with one attached hydrogen (secondary N) is 1. The molecule has 4 heteroatoms. The van der Waals surface area contributed by atoms with Gasteiger partial charge in [-0.1, -0.05) is 25.1 Å². The third-order valence-electron chi connectivity index (χ3n) is 2.59. The summed E-state index contributed by atoms with van der Waals surface area (Å²) in [6, 6.07) is 11.8. The first-order valence-corrected chi connectivity index (χ1v) is 6.75. The van der Waals surface area contributed by atoms with Gasteiger partial charge < -0.3 is 14.8 Å². The van der Waals surface area contributed by atoms with E-state index in [9.17, 15) is 0 Å². The van der Waals surface area contributed by atoms with Crippen molar-refractivity contribution in [3.8, 4) is 11.8 Å². The lowest BCUT2D eigenvalue weighted by molar-refractivity contribution is 0.0957. The number of nitriles is 1. The standard InChI is InChI=1S/C15H22N2O2/c1-2-9-17-14(13-16)8-10-18-11-12-19-15-6-4-3-5-7-15/h3-7,14,17H,2,8-12H2,1H3. The summed E-state index contributed by atoms with van der Waals surface area (Å²) in [6.45, 7) is 4.60. The van der Waals surface area contributed by atoms with Gasteiger partial charge in [-0.2, -0.15) is 5.26 Å². The van der Waals surface area contributed by atoms with E-state index in [1.165, 1.54) is 0 Å². The zero-order valence-electron chi connectivity index (χ0n) is 11.5. The molecular weight excluding hydrogens is 240 g/mol. The molecule has 1 aromatic carbocycles. The summed E-state index contributed by atoms with van der Waals surface area (Å²) < 4.78 is 11.0. The second kappa shape index (κ2) is 10.4. The number of ether oxygens (including phenoxy) is 2. The highest BCUT2D eigenvalue weighted by Crippen LogP contribution is 2.07. The van der Waals surface area contributed by atoms with Gasteiger partial charge in [0.1, 0.15) is 12.4 Å². The lowest BCUT2D eigenvalue weighted by Gasteiger charge is -2.11. The van der Waals surface area contributed by atoms with E-state index in [-0.39, 0.29) is 6.04 Å². The number of para-hydroxylation sites is 1. The molecule has 4 nitrogen and oxygen atoms in total. The van der Waals surface area contributed by atoms with Crippen LogP contribution >= 0.6 is 0 Å². The number of nitrogens with zero attached hydrogens (tertiary/aromatic N) is 1.